The van der Waals surface area contributed by atoms with Gasteiger partial charge in [-0.15, -0.1) is 0 Å². The van der Waals surface area contributed by atoms with Gasteiger partial charge in [0.05, 0.1) is 5.60 Å². The number of nitrogens with zero attached hydrogens (tertiary/aromatic N) is 1. The largest absolute Gasteiger partial charge is 0.377 e. The minimum absolute atomic E-state index is 0.0499. The molecule has 2 fully saturated rings. The van der Waals surface area contributed by atoms with Crippen LogP contribution in [0.25, 0.3) is 0 Å². The average Bonchev–Trinajstić information content (AvgIpc) is 2.39. The van der Waals surface area contributed by atoms with Gasteiger partial charge in [0.25, 0.3) is 0 Å². The van der Waals surface area contributed by atoms with E-state index in [0.717, 1.165) is 19.0 Å². The predicted molar refractivity (Wildman–Crippen MR) is 80.2 cm³/mol. The molecule has 1 heterocycles. The van der Waals surface area contributed by atoms with E-state index in [1.54, 1.807) is 0 Å². The van der Waals surface area contributed by atoms with Crippen molar-refractivity contribution in [2.24, 2.45) is 17.1 Å². The van der Waals surface area contributed by atoms with Gasteiger partial charge in [-0.05, 0) is 57.0 Å². The summed E-state index contributed by atoms with van der Waals surface area (Å²) in [6, 6.07) is 0. The third-order valence-corrected chi connectivity index (χ3v) is 5.41. The van der Waals surface area contributed by atoms with Gasteiger partial charge in [0, 0.05) is 20.2 Å². The van der Waals surface area contributed by atoms with Crippen LogP contribution in [0.15, 0.2) is 0 Å². The van der Waals surface area contributed by atoms with E-state index in [4.69, 9.17) is 10.5 Å². The fourth-order valence-electron chi connectivity index (χ4n) is 4.25. The maximum absolute atomic E-state index is 6.16. The van der Waals surface area contributed by atoms with Crippen molar-refractivity contribution in [3.05, 3.63) is 0 Å². The number of likely N-dealkylation sites (tertiary alicyclic amines) is 1. The van der Waals surface area contributed by atoms with E-state index < -0.39 is 0 Å². The Morgan fingerprint density at radius 1 is 1.32 bits per heavy atom. The highest BCUT2D eigenvalue weighted by atomic mass is 16.5. The molecule has 0 amide bonds. The van der Waals surface area contributed by atoms with Crippen molar-refractivity contribution in [2.45, 2.75) is 58.0 Å². The second-order valence-electron chi connectivity index (χ2n) is 7.37. The van der Waals surface area contributed by atoms with Crippen molar-refractivity contribution in [3.8, 4) is 0 Å². The molecule has 3 heteroatoms. The number of piperidine rings is 1. The van der Waals surface area contributed by atoms with E-state index in [2.05, 4.69) is 18.7 Å². The third kappa shape index (κ3) is 3.71. The molecule has 1 aliphatic heterocycles. The predicted octanol–water partition coefficient (Wildman–Crippen LogP) is 2.64. The Balaban J connectivity index is 1.98. The Morgan fingerprint density at radius 2 is 2.11 bits per heavy atom. The van der Waals surface area contributed by atoms with Gasteiger partial charge in [-0.2, -0.15) is 0 Å². The summed E-state index contributed by atoms with van der Waals surface area (Å²) in [5.41, 5.74) is 6.57. The molecular formula is C16H32N2O. The first-order valence-corrected chi connectivity index (χ1v) is 7.98. The quantitative estimate of drug-likeness (QED) is 0.852. The molecule has 3 atom stereocenters. The number of hydrogen-bond donors (Lipinski definition) is 1. The summed E-state index contributed by atoms with van der Waals surface area (Å²) in [5, 5.41) is 0. The second kappa shape index (κ2) is 6.11. The summed E-state index contributed by atoms with van der Waals surface area (Å²) in [6.45, 7) is 8.94. The van der Waals surface area contributed by atoms with Crippen molar-refractivity contribution in [3.63, 3.8) is 0 Å². The summed E-state index contributed by atoms with van der Waals surface area (Å²) in [7, 11) is 1.85. The summed E-state index contributed by atoms with van der Waals surface area (Å²) in [5.74, 6) is 0.843. The molecule has 1 aliphatic carbocycles. The lowest BCUT2D eigenvalue weighted by Crippen LogP contribution is -2.53. The van der Waals surface area contributed by atoms with Gasteiger partial charge >= 0.3 is 0 Å². The minimum atomic E-state index is 0.0499. The number of ether oxygens (including phenoxy) is 1. The lowest BCUT2D eigenvalue weighted by molar-refractivity contribution is -0.0627. The minimum Gasteiger partial charge on any atom is -0.377 e. The maximum Gasteiger partial charge on any atom is 0.0777 e. The molecule has 2 aliphatic rings. The molecule has 2 rings (SSSR count). The van der Waals surface area contributed by atoms with Crippen LogP contribution in [0.5, 0.6) is 0 Å². The molecule has 3 nitrogen and oxygen atoms in total. The number of nitrogens with two attached hydrogens (primary N) is 1. The van der Waals surface area contributed by atoms with Crippen molar-refractivity contribution < 1.29 is 4.74 Å². The Hall–Kier alpha value is -0.120. The van der Waals surface area contributed by atoms with Crippen molar-refractivity contribution in [1.29, 1.82) is 0 Å². The average molecular weight is 268 g/mol. The highest BCUT2D eigenvalue weighted by Gasteiger charge is 2.38. The fraction of sp³-hybridized carbons (Fsp3) is 1.00. The summed E-state index contributed by atoms with van der Waals surface area (Å²) in [4.78, 5) is 2.61. The maximum atomic E-state index is 6.16. The molecular weight excluding hydrogens is 236 g/mol. The molecule has 1 saturated heterocycles. The molecule has 19 heavy (non-hydrogen) atoms. The van der Waals surface area contributed by atoms with Gasteiger partial charge in [0.15, 0.2) is 0 Å². The van der Waals surface area contributed by atoms with Gasteiger partial charge in [0.2, 0.25) is 0 Å². The Morgan fingerprint density at radius 3 is 2.74 bits per heavy atom. The zero-order chi connectivity index (χ0) is 13.9. The van der Waals surface area contributed by atoms with Gasteiger partial charge in [-0.25, -0.2) is 0 Å². The molecule has 2 N–H and O–H groups in total. The Bertz CT molecular complexity index is 296. The monoisotopic (exact) mass is 268 g/mol. The highest BCUT2D eigenvalue weighted by molar-refractivity contribution is 4.92. The molecule has 0 aromatic rings. The van der Waals surface area contributed by atoms with Crippen LogP contribution in [0.2, 0.25) is 0 Å². The van der Waals surface area contributed by atoms with E-state index in [0.29, 0.717) is 5.41 Å². The fourth-order valence-corrected chi connectivity index (χ4v) is 4.25. The van der Waals surface area contributed by atoms with Crippen molar-refractivity contribution in [2.75, 3.05) is 33.3 Å². The SMILES string of the molecule is COC1(C)CCCN(CC2(CN)CCCC(C)C2)C1. The van der Waals surface area contributed by atoms with Crippen LogP contribution in [0.3, 0.4) is 0 Å². The van der Waals surface area contributed by atoms with Gasteiger partial charge in [-0.1, -0.05) is 19.8 Å². The van der Waals surface area contributed by atoms with Crippen molar-refractivity contribution in [1.82, 2.24) is 4.90 Å². The number of rotatable bonds is 4. The molecule has 0 radical (unpaired) electrons. The normalized spacial score (nSPS) is 41.4. The number of hydrogen-bond acceptors (Lipinski definition) is 3. The topological polar surface area (TPSA) is 38.5 Å². The van der Waals surface area contributed by atoms with Crippen LogP contribution in [-0.4, -0.2) is 43.8 Å². The molecule has 0 aromatic heterocycles. The third-order valence-electron chi connectivity index (χ3n) is 5.41. The van der Waals surface area contributed by atoms with Crippen LogP contribution in [0.1, 0.15) is 52.4 Å². The Kier molecular flexibility index (Phi) is 4.91. The first-order valence-electron chi connectivity index (χ1n) is 7.98. The van der Waals surface area contributed by atoms with Crippen LogP contribution in [0.4, 0.5) is 0 Å². The summed E-state index contributed by atoms with van der Waals surface area (Å²) in [6.07, 6.45) is 7.80. The molecule has 0 spiro atoms. The molecule has 3 unspecified atom stereocenters. The summed E-state index contributed by atoms with van der Waals surface area (Å²) >= 11 is 0. The molecule has 0 bridgehead atoms. The van der Waals surface area contributed by atoms with Gasteiger partial charge in [0.1, 0.15) is 0 Å². The van der Waals surface area contributed by atoms with Crippen LogP contribution in [0, 0.1) is 11.3 Å². The summed E-state index contributed by atoms with van der Waals surface area (Å²) < 4.78 is 5.71. The molecule has 1 saturated carbocycles. The van der Waals surface area contributed by atoms with E-state index in [1.165, 1.54) is 51.6 Å². The Labute approximate surface area is 118 Å². The van der Waals surface area contributed by atoms with E-state index >= 15 is 0 Å². The van der Waals surface area contributed by atoms with Gasteiger partial charge in [-0.3, -0.25) is 4.90 Å². The van der Waals surface area contributed by atoms with Crippen molar-refractivity contribution >= 4 is 0 Å². The van der Waals surface area contributed by atoms with Crippen LogP contribution < -0.4 is 5.73 Å². The second-order valence-corrected chi connectivity index (χ2v) is 7.37. The smallest absolute Gasteiger partial charge is 0.0777 e. The van der Waals surface area contributed by atoms with E-state index in [1.807, 2.05) is 7.11 Å². The first-order chi connectivity index (χ1) is 9.01. The lowest BCUT2D eigenvalue weighted by atomic mass is 9.69. The van der Waals surface area contributed by atoms with Crippen LogP contribution in [-0.2, 0) is 4.74 Å². The van der Waals surface area contributed by atoms with Gasteiger partial charge < -0.3 is 10.5 Å². The highest BCUT2D eigenvalue weighted by Crippen LogP contribution is 2.40. The zero-order valence-electron chi connectivity index (χ0n) is 13.1. The lowest BCUT2D eigenvalue weighted by Gasteiger charge is -2.46. The molecule has 112 valence electrons. The van der Waals surface area contributed by atoms with Crippen LogP contribution >= 0.6 is 0 Å². The van der Waals surface area contributed by atoms with E-state index in [9.17, 15) is 0 Å². The zero-order valence-corrected chi connectivity index (χ0v) is 13.1. The molecule has 0 aromatic carbocycles. The van der Waals surface area contributed by atoms with E-state index in [-0.39, 0.29) is 5.60 Å². The first kappa shape index (κ1) is 15.3. The number of methoxy groups -OCH3 is 1. The standard InChI is InChI=1S/C16H32N2O/c1-14-6-4-8-16(10-14,11-17)13-18-9-5-7-15(2,12-18)19-3/h14H,4-13,17H2,1-3H3.